The molecule has 1 aromatic rings. The second-order valence-electron chi connectivity index (χ2n) is 3.19. The summed E-state index contributed by atoms with van der Waals surface area (Å²) in [5.41, 5.74) is 7.72. The number of nitrogens with one attached hydrogen (secondary N) is 1. The molecule has 13 heavy (non-hydrogen) atoms. The van der Waals surface area contributed by atoms with E-state index in [1.807, 2.05) is 5.38 Å². The van der Waals surface area contributed by atoms with Crippen molar-refractivity contribution in [1.82, 2.24) is 10.3 Å². The molecule has 1 aromatic heterocycles. The summed E-state index contributed by atoms with van der Waals surface area (Å²) in [5, 5.41) is 5.01. The minimum absolute atomic E-state index is 0.349. The summed E-state index contributed by atoms with van der Waals surface area (Å²) in [6, 6.07) is 0.0537. The lowest BCUT2D eigenvalue weighted by atomic mass is 10.2. The van der Waals surface area contributed by atoms with Crippen LogP contribution in [-0.4, -0.2) is 16.9 Å². The Bertz CT molecular complexity index is 294. The molecule has 3 N–H and O–H groups in total. The number of carbonyl (C=O) groups is 1. The quantitative estimate of drug-likeness (QED) is 0.735. The fraction of sp³-hybridized carbons (Fsp3) is 0.500. The van der Waals surface area contributed by atoms with Crippen molar-refractivity contribution < 1.29 is 4.79 Å². The van der Waals surface area contributed by atoms with E-state index < -0.39 is 6.04 Å². The van der Waals surface area contributed by atoms with Crippen LogP contribution in [0.1, 0.15) is 24.6 Å². The van der Waals surface area contributed by atoms with Crippen molar-refractivity contribution in [2.75, 3.05) is 0 Å². The zero-order chi connectivity index (χ0) is 9.26. The largest absolute Gasteiger partial charge is 0.368 e. The molecule has 0 saturated heterocycles. The van der Waals surface area contributed by atoms with Crippen LogP contribution in [0.2, 0.25) is 0 Å². The highest BCUT2D eigenvalue weighted by Crippen LogP contribution is 2.23. The Morgan fingerprint density at radius 1 is 1.77 bits per heavy atom. The molecule has 1 unspecified atom stereocenters. The van der Waals surface area contributed by atoms with Crippen LogP contribution in [0.25, 0.3) is 0 Å². The third-order valence-corrected chi connectivity index (χ3v) is 2.62. The van der Waals surface area contributed by atoms with Crippen LogP contribution in [0.15, 0.2) is 10.9 Å². The molecule has 1 aliphatic carbocycles. The van der Waals surface area contributed by atoms with E-state index in [2.05, 4.69) is 10.3 Å². The Morgan fingerprint density at radius 2 is 2.54 bits per heavy atom. The first-order valence-electron chi connectivity index (χ1n) is 4.21. The van der Waals surface area contributed by atoms with Crippen LogP contribution in [0, 0.1) is 0 Å². The first-order valence-corrected chi connectivity index (χ1v) is 5.15. The third kappa shape index (κ3) is 2.05. The number of amides is 1. The third-order valence-electron chi connectivity index (χ3n) is 2.01. The number of thiazole rings is 1. The Balaban J connectivity index is 2.08. The van der Waals surface area contributed by atoms with Gasteiger partial charge in [-0.2, -0.15) is 0 Å². The molecule has 1 amide bonds. The van der Waals surface area contributed by atoms with E-state index in [4.69, 9.17) is 5.73 Å². The van der Waals surface area contributed by atoms with E-state index in [0.717, 1.165) is 18.5 Å². The smallest absolute Gasteiger partial charge is 0.240 e. The van der Waals surface area contributed by atoms with Crippen LogP contribution in [0.3, 0.4) is 0 Å². The summed E-state index contributed by atoms with van der Waals surface area (Å²) in [6.45, 7) is 0. The maximum Gasteiger partial charge on any atom is 0.240 e. The van der Waals surface area contributed by atoms with Gasteiger partial charge in [0.2, 0.25) is 5.91 Å². The van der Waals surface area contributed by atoms with Gasteiger partial charge in [-0.15, -0.1) is 11.3 Å². The average Bonchev–Trinajstić information content (AvgIpc) is 2.75. The van der Waals surface area contributed by atoms with Gasteiger partial charge in [0.05, 0.1) is 11.2 Å². The van der Waals surface area contributed by atoms with Gasteiger partial charge in [-0.25, -0.2) is 4.98 Å². The monoisotopic (exact) mass is 197 g/mol. The number of hydrogen-bond donors (Lipinski definition) is 2. The molecule has 0 aliphatic heterocycles. The first-order chi connectivity index (χ1) is 6.27. The first kappa shape index (κ1) is 8.65. The number of hydrogen-bond acceptors (Lipinski definition) is 4. The Hall–Kier alpha value is -0.940. The minimum atomic E-state index is -0.404. The molecule has 0 spiro atoms. The molecular weight excluding hydrogens is 186 g/mol. The highest BCUT2D eigenvalue weighted by Gasteiger charge is 2.28. The minimum Gasteiger partial charge on any atom is -0.368 e. The maximum absolute atomic E-state index is 11.1. The topological polar surface area (TPSA) is 68.0 Å². The predicted octanol–water partition coefficient (Wildman–Crippen LogP) is 0.422. The molecule has 2 rings (SSSR count). The summed E-state index contributed by atoms with van der Waals surface area (Å²) in [4.78, 5) is 15.2. The number of nitrogens with zero attached hydrogens (tertiary/aromatic N) is 1. The average molecular weight is 197 g/mol. The fourth-order valence-corrected chi connectivity index (χ4v) is 1.74. The molecule has 0 aromatic carbocycles. The van der Waals surface area contributed by atoms with Crippen LogP contribution < -0.4 is 11.1 Å². The summed E-state index contributed by atoms with van der Waals surface area (Å²) >= 11 is 1.47. The van der Waals surface area contributed by atoms with Crippen LogP contribution >= 0.6 is 11.3 Å². The Labute approximate surface area is 80.2 Å². The number of rotatable bonds is 4. The SMILES string of the molecule is NC(=O)C(NC1CC1)c1cscn1. The molecule has 1 fully saturated rings. The van der Waals surface area contributed by atoms with Gasteiger partial charge < -0.3 is 5.73 Å². The number of nitrogens with two attached hydrogens (primary N) is 1. The van der Waals surface area contributed by atoms with Gasteiger partial charge in [-0.05, 0) is 12.8 Å². The van der Waals surface area contributed by atoms with Crippen molar-refractivity contribution >= 4 is 17.2 Å². The molecule has 0 radical (unpaired) electrons. The lowest BCUT2D eigenvalue weighted by Crippen LogP contribution is -2.35. The normalized spacial score (nSPS) is 18.5. The van der Waals surface area contributed by atoms with Crippen molar-refractivity contribution in [2.24, 2.45) is 5.73 Å². The number of aromatic nitrogens is 1. The summed E-state index contributed by atoms with van der Waals surface area (Å²) in [6.07, 6.45) is 2.27. The molecule has 1 aliphatic rings. The van der Waals surface area contributed by atoms with Gasteiger partial charge in [0.1, 0.15) is 6.04 Å². The maximum atomic E-state index is 11.1. The summed E-state index contributed by atoms with van der Waals surface area (Å²) in [7, 11) is 0. The fourth-order valence-electron chi connectivity index (χ4n) is 1.16. The summed E-state index contributed by atoms with van der Waals surface area (Å²) in [5.74, 6) is -0.349. The van der Waals surface area contributed by atoms with Gasteiger partial charge in [-0.3, -0.25) is 10.1 Å². The van der Waals surface area contributed by atoms with E-state index in [1.54, 1.807) is 5.51 Å². The van der Waals surface area contributed by atoms with Crippen LogP contribution in [-0.2, 0) is 4.79 Å². The van der Waals surface area contributed by atoms with Crippen molar-refractivity contribution in [1.29, 1.82) is 0 Å². The van der Waals surface area contributed by atoms with E-state index >= 15 is 0 Å². The Morgan fingerprint density at radius 3 is 3.00 bits per heavy atom. The second kappa shape index (κ2) is 3.43. The van der Waals surface area contributed by atoms with E-state index in [0.29, 0.717) is 6.04 Å². The predicted molar refractivity (Wildman–Crippen MR) is 50.2 cm³/mol. The molecule has 0 bridgehead atoms. The van der Waals surface area contributed by atoms with Crippen LogP contribution in [0.4, 0.5) is 0 Å². The van der Waals surface area contributed by atoms with E-state index in [9.17, 15) is 4.79 Å². The van der Waals surface area contributed by atoms with Crippen molar-refractivity contribution in [3.63, 3.8) is 0 Å². The molecular formula is C8H11N3OS. The van der Waals surface area contributed by atoms with Gasteiger partial charge in [-0.1, -0.05) is 0 Å². The highest BCUT2D eigenvalue weighted by molar-refractivity contribution is 7.07. The zero-order valence-electron chi connectivity index (χ0n) is 7.06. The highest BCUT2D eigenvalue weighted by atomic mass is 32.1. The van der Waals surface area contributed by atoms with Crippen molar-refractivity contribution in [3.05, 3.63) is 16.6 Å². The van der Waals surface area contributed by atoms with Gasteiger partial charge in [0, 0.05) is 11.4 Å². The number of carbonyl (C=O) groups excluding carboxylic acids is 1. The van der Waals surface area contributed by atoms with E-state index in [-0.39, 0.29) is 5.91 Å². The van der Waals surface area contributed by atoms with E-state index in [1.165, 1.54) is 11.3 Å². The lowest BCUT2D eigenvalue weighted by Gasteiger charge is -2.11. The molecule has 1 atom stereocenters. The van der Waals surface area contributed by atoms with Gasteiger partial charge >= 0.3 is 0 Å². The molecule has 70 valence electrons. The van der Waals surface area contributed by atoms with Crippen molar-refractivity contribution in [2.45, 2.75) is 24.9 Å². The second-order valence-corrected chi connectivity index (χ2v) is 3.91. The lowest BCUT2D eigenvalue weighted by molar-refractivity contribution is -0.120. The molecule has 1 heterocycles. The van der Waals surface area contributed by atoms with Crippen LogP contribution in [0.5, 0.6) is 0 Å². The molecule has 5 heteroatoms. The zero-order valence-corrected chi connectivity index (χ0v) is 7.88. The van der Waals surface area contributed by atoms with Gasteiger partial charge in [0.15, 0.2) is 0 Å². The standard InChI is InChI=1S/C8H11N3OS/c9-8(12)7(11-5-1-2-5)6-3-13-4-10-6/h3-5,7,11H,1-2H2,(H2,9,12). The molecule has 4 nitrogen and oxygen atoms in total. The van der Waals surface area contributed by atoms with Gasteiger partial charge in [0.25, 0.3) is 0 Å². The Kier molecular flexibility index (Phi) is 2.28. The van der Waals surface area contributed by atoms with Crippen molar-refractivity contribution in [3.8, 4) is 0 Å². The molecule has 1 saturated carbocycles. The number of primary amides is 1. The summed E-state index contributed by atoms with van der Waals surface area (Å²) < 4.78 is 0.